The normalized spacial score (nSPS) is 10.7. The molecule has 0 heterocycles. The number of likely N-dealkylation sites (N-methyl/N-ethyl adjacent to an activating group) is 1. The van der Waals surface area contributed by atoms with E-state index in [2.05, 4.69) is 5.32 Å². The summed E-state index contributed by atoms with van der Waals surface area (Å²) in [5.74, 6) is -0.238. The second kappa shape index (κ2) is 8.25. The van der Waals surface area contributed by atoms with E-state index in [1.165, 1.54) is 0 Å². The predicted molar refractivity (Wildman–Crippen MR) is 81.6 cm³/mol. The van der Waals surface area contributed by atoms with Crippen LogP contribution in [0.3, 0.4) is 0 Å². The second-order valence-electron chi connectivity index (χ2n) is 4.43. The van der Waals surface area contributed by atoms with E-state index in [1.807, 2.05) is 6.92 Å². The zero-order chi connectivity index (χ0) is 15.1. The number of amides is 1. The predicted octanol–water partition coefficient (Wildman–Crippen LogP) is 2.63. The lowest BCUT2D eigenvalue weighted by Crippen LogP contribution is -2.39. The largest absolute Gasteiger partial charge is 0.358 e. The fourth-order valence-electron chi connectivity index (χ4n) is 1.82. The van der Waals surface area contributed by atoms with E-state index >= 15 is 0 Å². The fraction of sp³-hybridized carbons (Fsp3) is 0.429. The van der Waals surface area contributed by atoms with Crippen LogP contribution in [0.2, 0.25) is 10.0 Å². The fourth-order valence-corrected chi connectivity index (χ4v) is 2.33. The Labute approximate surface area is 129 Å². The number of nitrogens with zero attached hydrogens (tertiary/aromatic N) is 1. The average molecular weight is 317 g/mol. The van der Waals surface area contributed by atoms with Gasteiger partial charge in [-0.2, -0.15) is 0 Å². The highest BCUT2D eigenvalue weighted by Crippen LogP contribution is 2.21. The summed E-state index contributed by atoms with van der Waals surface area (Å²) in [6.45, 7) is 3.02. The number of hydrogen-bond acceptors (Lipinski definition) is 3. The van der Waals surface area contributed by atoms with Gasteiger partial charge in [0.05, 0.1) is 18.1 Å². The third-order valence-corrected chi connectivity index (χ3v) is 3.33. The lowest BCUT2D eigenvalue weighted by Gasteiger charge is -2.20. The third-order valence-electron chi connectivity index (χ3n) is 2.78. The standard InChI is InChI=1S/C14H18Cl2N2O2/c1-3-6-18(9-14(20)17-2)8-13(19)11-5-4-10(15)7-12(11)16/h4-5,7H,3,6,8-9H2,1-2H3,(H,17,20). The molecule has 0 spiro atoms. The zero-order valence-corrected chi connectivity index (χ0v) is 13.1. The van der Waals surface area contributed by atoms with Gasteiger partial charge in [-0.25, -0.2) is 0 Å². The molecule has 1 aromatic carbocycles. The van der Waals surface area contributed by atoms with Crippen molar-refractivity contribution in [2.45, 2.75) is 13.3 Å². The van der Waals surface area contributed by atoms with Crippen LogP contribution in [0.25, 0.3) is 0 Å². The molecule has 0 radical (unpaired) electrons. The lowest BCUT2D eigenvalue weighted by molar-refractivity contribution is -0.121. The molecule has 0 saturated carbocycles. The highest BCUT2D eigenvalue weighted by atomic mass is 35.5. The topological polar surface area (TPSA) is 49.4 Å². The number of carbonyl (C=O) groups is 2. The van der Waals surface area contributed by atoms with Crippen LogP contribution in [-0.4, -0.2) is 43.3 Å². The van der Waals surface area contributed by atoms with Gasteiger partial charge in [0.2, 0.25) is 5.91 Å². The third kappa shape index (κ3) is 5.12. The molecule has 0 aliphatic carbocycles. The molecule has 1 aromatic rings. The molecule has 6 heteroatoms. The number of hydrogen-bond donors (Lipinski definition) is 1. The Hall–Kier alpha value is -1.10. The van der Waals surface area contributed by atoms with Crippen LogP contribution in [0.1, 0.15) is 23.7 Å². The number of halogens is 2. The molecule has 0 atom stereocenters. The summed E-state index contributed by atoms with van der Waals surface area (Å²) in [4.78, 5) is 25.4. The smallest absolute Gasteiger partial charge is 0.233 e. The van der Waals surface area contributed by atoms with Gasteiger partial charge >= 0.3 is 0 Å². The van der Waals surface area contributed by atoms with Gasteiger partial charge in [-0.1, -0.05) is 30.1 Å². The van der Waals surface area contributed by atoms with Crippen molar-refractivity contribution in [3.05, 3.63) is 33.8 Å². The van der Waals surface area contributed by atoms with Gasteiger partial charge < -0.3 is 5.32 Å². The SMILES string of the molecule is CCCN(CC(=O)NC)CC(=O)c1ccc(Cl)cc1Cl. The maximum absolute atomic E-state index is 12.2. The Kier molecular flexibility index (Phi) is 6.99. The molecule has 0 unspecified atom stereocenters. The molecule has 1 rings (SSSR count). The number of nitrogens with one attached hydrogen (secondary N) is 1. The second-order valence-corrected chi connectivity index (χ2v) is 5.27. The summed E-state index contributed by atoms with van der Waals surface area (Å²) in [5.41, 5.74) is 0.425. The molecule has 110 valence electrons. The molecular weight excluding hydrogens is 299 g/mol. The number of ketones is 1. The van der Waals surface area contributed by atoms with Crippen molar-refractivity contribution in [1.82, 2.24) is 10.2 Å². The average Bonchev–Trinajstić information content (AvgIpc) is 2.38. The Balaban J connectivity index is 2.76. The van der Waals surface area contributed by atoms with E-state index in [9.17, 15) is 9.59 Å². The Morgan fingerprint density at radius 2 is 1.95 bits per heavy atom. The van der Waals surface area contributed by atoms with Crippen molar-refractivity contribution < 1.29 is 9.59 Å². The Morgan fingerprint density at radius 3 is 2.50 bits per heavy atom. The number of carbonyl (C=O) groups excluding carboxylic acids is 2. The highest BCUT2D eigenvalue weighted by molar-refractivity contribution is 6.36. The maximum atomic E-state index is 12.2. The summed E-state index contributed by atoms with van der Waals surface area (Å²) < 4.78 is 0. The summed E-state index contributed by atoms with van der Waals surface area (Å²) in [6, 6.07) is 4.78. The van der Waals surface area contributed by atoms with Gasteiger partial charge in [0.25, 0.3) is 0 Å². The monoisotopic (exact) mass is 316 g/mol. The van der Waals surface area contributed by atoms with E-state index < -0.39 is 0 Å². The molecular formula is C14H18Cl2N2O2. The molecule has 1 N–H and O–H groups in total. The molecule has 0 bridgehead atoms. The van der Waals surface area contributed by atoms with Crippen molar-refractivity contribution in [2.75, 3.05) is 26.7 Å². The summed E-state index contributed by atoms with van der Waals surface area (Å²) in [7, 11) is 1.57. The van der Waals surface area contributed by atoms with Gasteiger partial charge in [-0.05, 0) is 31.2 Å². The van der Waals surface area contributed by atoms with E-state index in [0.29, 0.717) is 22.2 Å². The van der Waals surface area contributed by atoms with Crippen LogP contribution in [0.4, 0.5) is 0 Å². The highest BCUT2D eigenvalue weighted by Gasteiger charge is 2.16. The van der Waals surface area contributed by atoms with E-state index in [1.54, 1.807) is 30.1 Å². The van der Waals surface area contributed by atoms with Gasteiger partial charge in [0, 0.05) is 17.6 Å². The molecule has 1 amide bonds. The molecule has 20 heavy (non-hydrogen) atoms. The lowest BCUT2D eigenvalue weighted by atomic mass is 10.1. The number of rotatable bonds is 7. The Morgan fingerprint density at radius 1 is 1.25 bits per heavy atom. The molecule has 0 aliphatic heterocycles. The molecule has 0 saturated heterocycles. The van der Waals surface area contributed by atoms with E-state index in [0.717, 1.165) is 6.42 Å². The van der Waals surface area contributed by atoms with Crippen LogP contribution < -0.4 is 5.32 Å². The van der Waals surface area contributed by atoms with Crippen LogP contribution >= 0.6 is 23.2 Å². The zero-order valence-electron chi connectivity index (χ0n) is 11.6. The van der Waals surface area contributed by atoms with E-state index in [4.69, 9.17) is 23.2 Å². The van der Waals surface area contributed by atoms with Gasteiger partial charge in [0.15, 0.2) is 5.78 Å². The van der Waals surface area contributed by atoms with Crippen molar-refractivity contribution in [3.8, 4) is 0 Å². The summed E-state index contributed by atoms with van der Waals surface area (Å²) >= 11 is 11.8. The van der Waals surface area contributed by atoms with Gasteiger partial charge in [-0.15, -0.1) is 0 Å². The molecule has 0 aromatic heterocycles. The minimum absolute atomic E-state index is 0.117. The first-order valence-corrected chi connectivity index (χ1v) is 7.14. The van der Waals surface area contributed by atoms with Crippen LogP contribution in [0.15, 0.2) is 18.2 Å². The van der Waals surface area contributed by atoms with Crippen LogP contribution in [0, 0.1) is 0 Å². The van der Waals surface area contributed by atoms with E-state index in [-0.39, 0.29) is 24.8 Å². The quantitative estimate of drug-likeness (QED) is 0.787. The molecule has 0 aliphatic rings. The minimum atomic E-state index is -0.121. The van der Waals surface area contributed by atoms with Crippen molar-refractivity contribution >= 4 is 34.9 Å². The van der Waals surface area contributed by atoms with Gasteiger partial charge in [0.1, 0.15) is 0 Å². The van der Waals surface area contributed by atoms with Crippen LogP contribution in [-0.2, 0) is 4.79 Å². The van der Waals surface area contributed by atoms with Crippen LogP contribution in [0.5, 0.6) is 0 Å². The van der Waals surface area contributed by atoms with Crippen molar-refractivity contribution in [3.63, 3.8) is 0 Å². The van der Waals surface area contributed by atoms with Gasteiger partial charge in [-0.3, -0.25) is 14.5 Å². The minimum Gasteiger partial charge on any atom is -0.358 e. The maximum Gasteiger partial charge on any atom is 0.233 e. The Bertz CT molecular complexity index is 492. The first kappa shape index (κ1) is 17.0. The summed E-state index contributed by atoms with van der Waals surface area (Å²) in [5, 5.41) is 3.37. The van der Waals surface area contributed by atoms with Crippen molar-refractivity contribution in [1.29, 1.82) is 0 Å². The van der Waals surface area contributed by atoms with Crippen molar-refractivity contribution in [2.24, 2.45) is 0 Å². The first-order chi connectivity index (χ1) is 9.47. The number of Topliss-reactive ketones (excluding diaryl/α,β-unsaturated/α-hetero) is 1. The molecule has 0 fully saturated rings. The summed E-state index contributed by atoms with van der Waals surface area (Å²) in [6.07, 6.45) is 0.860. The molecule has 4 nitrogen and oxygen atoms in total. The number of benzene rings is 1. The first-order valence-electron chi connectivity index (χ1n) is 6.39.